The molecule has 0 fully saturated rings. The Morgan fingerprint density at radius 1 is 0.914 bits per heavy atom. The maximum Gasteiger partial charge on any atom is 0.407 e. The molecule has 1 aliphatic carbocycles. The molecule has 1 aliphatic rings. The van der Waals surface area contributed by atoms with Gasteiger partial charge in [0.05, 0.1) is 6.42 Å². The third kappa shape index (κ3) is 7.31. The van der Waals surface area contributed by atoms with Gasteiger partial charge in [-0.15, -0.1) is 0 Å². The van der Waals surface area contributed by atoms with E-state index in [0.29, 0.717) is 19.3 Å². The molecule has 35 heavy (non-hydrogen) atoms. The highest BCUT2D eigenvalue weighted by atomic mass is 16.5. The second kappa shape index (κ2) is 12.9. The maximum atomic E-state index is 12.6. The first-order chi connectivity index (χ1) is 16.9. The average molecular weight is 481 g/mol. The molecule has 0 saturated heterocycles. The summed E-state index contributed by atoms with van der Waals surface area (Å²) in [5.74, 6) is -1.12. The van der Waals surface area contributed by atoms with Gasteiger partial charge in [0.1, 0.15) is 6.61 Å². The zero-order chi connectivity index (χ0) is 25.2. The Labute approximate surface area is 207 Å². The molecule has 0 bridgehead atoms. The van der Waals surface area contributed by atoms with Gasteiger partial charge in [-0.2, -0.15) is 0 Å². The van der Waals surface area contributed by atoms with E-state index in [1.165, 1.54) is 11.1 Å². The molecule has 0 saturated carbocycles. The van der Waals surface area contributed by atoms with Crippen molar-refractivity contribution in [2.24, 2.45) is 0 Å². The van der Waals surface area contributed by atoms with Gasteiger partial charge in [0, 0.05) is 24.4 Å². The summed E-state index contributed by atoms with van der Waals surface area (Å²) in [6.45, 7) is 4.21. The van der Waals surface area contributed by atoms with Gasteiger partial charge in [-0.05, 0) is 41.5 Å². The Bertz CT molecular complexity index is 976. The molecule has 0 aliphatic heterocycles. The second-order valence-corrected chi connectivity index (χ2v) is 9.12. The Hall–Kier alpha value is -3.35. The minimum Gasteiger partial charge on any atom is -0.481 e. The van der Waals surface area contributed by atoms with Crippen LogP contribution < -0.4 is 10.6 Å². The van der Waals surface area contributed by atoms with Crippen LogP contribution in [0.25, 0.3) is 11.1 Å². The largest absolute Gasteiger partial charge is 0.481 e. The highest BCUT2D eigenvalue weighted by molar-refractivity contribution is 5.79. The second-order valence-electron chi connectivity index (χ2n) is 9.12. The van der Waals surface area contributed by atoms with Gasteiger partial charge in [-0.3, -0.25) is 9.59 Å². The number of carbonyl (C=O) groups is 3. The molecule has 0 aromatic heterocycles. The van der Waals surface area contributed by atoms with Crippen molar-refractivity contribution < 1.29 is 24.2 Å². The molecule has 7 nitrogen and oxygen atoms in total. The number of alkyl carbamates (subject to hydrolysis) is 1. The highest BCUT2D eigenvalue weighted by Crippen LogP contribution is 2.44. The van der Waals surface area contributed by atoms with Crippen molar-refractivity contribution in [2.75, 3.05) is 6.61 Å². The van der Waals surface area contributed by atoms with E-state index in [1.807, 2.05) is 38.1 Å². The number of fused-ring (bicyclic) bond motifs is 3. The van der Waals surface area contributed by atoms with Crippen LogP contribution in [0.4, 0.5) is 4.79 Å². The van der Waals surface area contributed by atoms with Gasteiger partial charge in [0.2, 0.25) is 5.91 Å². The number of unbranched alkanes of at least 4 members (excludes halogenated alkanes) is 1. The first-order valence-electron chi connectivity index (χ1n) is 12.6. The lowest BCUT2D eigenvalue weighted by atomic mass is 9.98. The van der Waals surface area contributed by atoms with Crippen molar-refractivity contribution in [1.82, 2.24) is 10.6 Å². The summed E-state index contributed by atoms with van der Waals surface area (Å²) in [7, 11) is 0. The van der Waals surface area contributed by atoms with E-state index in [9.17, 15) is 14.4 Å². The number of amides is 2. The van der Waals surface area contributed by atoms with Gasteiger partial charge < -0.3 is 20.5 Å². The molecule has 188 valence electrons. The molecule has 0 spiro atoms. The predicted octanol–water partition coefficient (Wildman–Crippen LogP) is 5.23. The monoisotopic (exact) mass is 480 g/mol. The number of aliphatic carboxylic acids is 1. The standard InChI is InChI=1S/C28H36N2O5/c1-3-5-10-20(17-27(32)33)29-26(31)16-15-19(4-2)30-28(34)35-18-25-23-13-8-6-11-21(23)22-12-7-9-14-24(22)25/h6-9,11-14,19-20,25H,3-5,10,15-18H2,1-2H3,(H,29,31)(H,30,34)(H,32,33)/t19?,20-/m0/s1. The third-order valence-electron chi connectivity index (χ3n) is 6.57. The van der Waals surface area contributed by atoms with Crippen molar-refractivity contribution in [1.29, 1.82) is 0 Å². The first-order valence-corrected chi connectivity index (χ1v) is 12.6. The Morgan fingerprint density at radius 2 is 1.54 bits per heavy atom. The summed E-state index contributed by atoms with van der Waals surface area (Å²) < 4.78 is 5.62. The van der Waals surface area contributed by atoms with Crippen LogP contribution in [0.5, 0.6) is 0 Å². The molecule has 7 heteroatoms. The first kappa shape index (κ1) is 26.3. The van der Waals surface area contributed by atoms with E-state index in [-0.39, 0.29) is 43.4 Å². The van der Waals surface area contributed by atoms with Crippen molar-refractivity contribution in [2.45, 2.75) is 76.8 Å². The van der Waals surface area contributed by atoms with Crippen molar-refractivity contribution in [3.05, 3.63) is 59.7 Å². The highest BCUT2D eigenvalue weighted by Gasteiger charge is 2.29. The Balaban J connectivity index is 1.48. The summed E-state index contributed by atoms with van der Waals surface area (Å²) in [6.07, 6.45) is 3.19. The summed E-state index contributed by atoms with van der Waals surface area (Å²) in [5, 5.41) is 14.8. The SMILES string of the molecule is CCCC[C@@H](CC(=O)O)NC(=O)CCC(CC)NC(=O)OCC1c2ccccc2-c2ccccc21. The van der Waals surface area contributed by atoms with Gasteiger partial charge >= 0.3 is 12.1 Å². The number of carboxylic acid groups (broad SMARTS) is 1. The van der Waals surface area contributed by atoms with Crippen LogP contribution in [0, 0.1) is 0 Å². The lowest BCUT2D eigenvalue weighted by Gasteiger charge is -2.20. The normalized spacial score (nSPS) is 13.9. The summed E-state index contributed by atoms with van der Waals surface area (Å²) in [4.78, 5) is 36.0. The molecule has 3 rings (SSSR count). The Morgan fingerprint density at radius 3 is 2.11 bits per heavy atom. The number of nitrogens with one attached hydrogen (secondary N) is 2. The molecule has 2 aromatic rings. The number of benzene rings is 2. The van der Waals surface area contributed by atoms with Crippen LogP contribution in [-0.2, 0) is 14.3 Å². The van der Waals surface area contributed by atoms with E-state index in [4.69, 9.17) is 9.84 Å². The summed E-state index contributed by atoms with van der Waals surface area (Å²) in [5.41, 5.74) is 4.66. The van der Waals surface area contributed by atoms with Gasteiger partial charge in [0.15, 0.2) is 0 Å². The quantitative estimate of drug-likeness (QED) is 0.364. The summed E-state index contributed by atoms with van der Waals surface area (Å²) in [6, 6.07) is 15.8. The number of carboxylic acids is 1. The number of carbonyl (C=O) groups excluding carboxylic acids is 2. The van der Waals surface area contributed by atoms with Crippen molar-refractivity contribution in [3.63, 3.8) is 0 Å². The molecule has 2 aromatic carbocycles. The van der Waals surface area contributed by atoms with E-state index in [1.54, 1.807) is 0 Å². The number of ether oxygens (including phenoxy) is 1. The van der Waals surface area contributed by atoms with Crippen LogP contribution in [0.1, 0.15) is 75.8 Å². The van der Waals surface area contributed by atoms with E-state index < -0.39 is 12.1 Å². The van der Waals surface area contributed by atoms with Crippen LogP contribution in [-0.4, -0.2) is 41.8 Å². The van der Waals surface area contributed by atoms with Crippen molar-refractivity contribution in [3.8, 4) is 11.1 Å². The van der Waals surface area contributed by atoms with Crippen LogP contribution >= 0.6 is 0 Å². The lowest BCUT2D eigenvalue weighted by Crippen LogP contribution is -2.39. The number of rotatable bonds is 13. The molecular formula is C28H36N2O5. The topological polar surface area (TPSA) is 105 Å². The fourth-order valence-corrected chi connectivity index (χ4v) is 4.68. The van der Waals surface area contributed by atoms with Gasteiger partial charge in [-0.25, -0.2) is 4.79 Å². The van der Waals surface area contributed by atoms with Crippen LogP contribution in [0.3, 0.4) is 0 Å². The molecule has 1 unspecified atom stereocenters. The predicted molar refractivity (Wildman–Crippen MR) is 135 cm³/mol. The molecule has 3 N–H and O–H groups in total. The fourth-order valence-electron chi connectivity index (χ4n) is 4.68. The van der Waals surface area contributed by atoms with E-state index >= 15 is 0 Å². The van der Waals surface area contributed by atoms with Gasteiger partial charge in [-0.1, -0.05) is 75.2 Å². The van der Waals surface area contributed by atoms with Crippen LogP contribution in [0.2, 0.25) is 0 Å². The maximum absolute atomic E-state index is 12.6. The molecule has 0 heterocycles. The van der Waals surface area contributed by atoms with Crippen molar-refractivity contribution >= 4 is 18.0 Å². The van der Waals surface area contributed by atoms with E-state index in [2.05, 4.69) is 34.9 Å². The lowest BCUT2D eigenvalue weighted by molar-refractivity contribution is -0.137. The summed E-state index contributed by atoms with van der Waals surface area (Å²) >= 11 is 0. The molecular weight excluding hydrogens is 444 g/mol. The number of hydrogen-bond donors (Lipinski definition) is 3. The Kier molecular flexibility index (Phi) is 9.70. The molecule has 2 atom stereocenters. The average Bonchev–Trinajstić information content (AvgIpc) is 3.17. The van der Waals surface area contributed by atoms with Gasteiger partial charge in [0.25, 0.3) is 0 Å². The minimum absolute atomic E-state index is 0.00621. The minimum atomic E-state index is -0.922. The number of hydrogen-bond acceptors (Lipinski definition) is 4. The zero-order valence-electron chi connectivity index (χ0n) is 20.6. The van der Waals surface area contributed by atoms with Crippen LogP contribution in [0.15, 0.2) is 48.5 Å². The van der Waals surface area contributed by atoms with E-state index in [0.717, 1.165) is 24.0 Å². The zero-order valence-corrected chi connectivity index (χ0v) is 20.6. The smallest absolute Gasteiger partial charge is 0.407 e. The molecule has 0 radical (unpaired) electrons. The third-order valence-corrected chi connectivity index (χ3v) is 6.57. The fraction of sp³-hybridized carbons (Fsp3) is 0.464. The molecule has 2 amide bonds.